The predicted molar refractivity (Wildman–Crippen MR) is 91.9 cm³/mol. The molecule has 0 aliphatic heterocycles. The highest BCUT2D eigenvalue weighted by molar-refractivity contribution is 6.01. The summed E-state index contributed by atoms with van der Waals surface area (Å²) in [5, 5.41) is 2.02. The average Bonchev–Trinajstić information content (AvgIpc) is 2.92. The highest BCUT2D eigenvalue weighted by Gasteiger charge is 2.18. The SMILES string of the molecule is Cc1coc2c(C)c3oc(=O)c(-c4ccccc4)c(C)c3cc12. The van der Waals surface area contributed by atoms with Crippen LogP contribution in [0, 0.1) is 20.8 Å². The van der Waals surface area contributed by atoms with E-state index in [4.69, 9.17) is 8.83 Å². The molecule has 0 radical (unpaired) electrons. The second kappa shape index (κ2) is 4.85. The smallest absolute Gasteiger partial charge is 0.344 e. The van der Waals surface area contributed by atoms with Crippen molar-refractivity contribution in [2.24, 2.45) is 0 Å². The Kier molecular flexibility index (Phi) is 2.91. The summed E-state index contributed by atoms with van der Waals surface area (Å²) in [5.41, 5.74) is 5.46. The molecule has 0 spiro atoms. The molecule has 114 valence electrons. The van der Waals surface area contributed by atoms with Gasteiger partial charge in [-0.25, -0.2) is 4.79 Å². The molecule has 0 fully saturated rings. The Hall–Kier alpha value is -2.81. The minimum Gasteiger partial charge on any atom is -0.464 e. The average molecular weight is 304 g/mol. The maximum atomic E-state index is 12.6. The molecule has 4 aromatic rings. The lowest BCUT2D eigenvalue weighted by Crippen LogP contribution is -2.06. The van der Waals surface area contributed by atoms with Crippen molar-refractivity contribution in [1.82, 2.24) is 0 Å². The lowest BCUT2D eigenvalue weighted by Gasteiger charge is -2.10. The van der Waals surface area contributed by atoms with E-state index >= 15 is 0 Å². The molecule has 2 aromatic heterocycles. The molecule has 0 aliphatic rings. The molecule has 3 heteroatoms. The van der Waals surface area contributed by atoms with Crippen molar-refractivity contribution < 1.29 is 8.83 Å². The molecule has 23 heavy (non-hydrogen) atoms. The molecular weight excluding hydrogens is 288 g/mol. The van der Waals surface area contributed by atoms with Crippen LogP contribution in [0.2, 0.25) is 0 Å². The van der Waals surface area contributed by atoms with Gasteiger partial charge in [0.05, 0.1) is 11.8 Å². The molecule has 4 rings (SSSR count). The normalized spacial score (nSPS) is 11.4. The third-order valence-corrected chi connectivity index (χ3v) is 4.48. The van der Waals surface area contributed by atoms with E-state index in [1.165, 1.54) is 0 Å². The Labute approximate surface area is 133 Å². The second-order valence-electron chi connectivity index (χ2n) is 5.93. The fourth-order valence-corrected chi connectivity index (χ4v) is 3.22. The van der Waals surface area contributed by atoms with Gasteiger partial charge in [-0.05, 0) is 43.5 Å². The first-order valence-corrected chi connectivity index (χ1v) is 7.58. The van der Waals surface area contributed by atoms with Crippen molar-refractivity contribution >= 4 is 21.9 Å². The summed E-state index contributed by atoms with van der Waals surface area (Å²) in [4.78, 5) is 12.6. The van der Waals surface area contributed by atoms with E-state index in [1.54, 1.807) is 6.26 Å². The Morgan fingerprint density at radius 1 is 0.870 bits per heavy atom. The molecule has 0 unspecified atom stereocenters. The summed E-state index contributed by atoms with van der Waals surface area (Å²) < 4.78 is 11.3. The van der Waals surface area contributed by atoms with Crippen LogP contribution in [-0.2, 0) is 0 Å². The minimum absolute atomic E-state index is 0.313. The third kappa shape index (κ3) is 1.93. The number of benzene rings is 2. The van der Waals surface area contributed by atoms with Gasteiger partial charge in [0, 0.05) is 16.3 Å². The number of furan rings is 1. The molecule has 0 bridgehead atoms. The van der Waals surface area contributed by atoms with Gasteiger partial charge in [-0.3, -0.25) is 0 Å². The summed E-state index contributed by atoms with van der Waals surface area (Å²) in [6.07, 6.45) is 1.74. The van der Waals surface area contributed by atoms with Gasteiger partial charge in [-0.1, -0.05) is 30.3 Å². The minimum atomic E-state index is -0.313. The first-order valence-electron chi connectivity index (χ1n) is 7.58. The highest BCUT2D eigenvalue weighted by atomic mass is 16.4. The zero-order valence-electron chi connectivity index (χ0n) is 13.3. The maximum Gasteiger partial charge on any atom is 0.344 e. The van der Waals surface area contributed by atoms with Crippen LogP contribution in [0.5, 0.6) is 0 Å². The van der Waals surface area contributed by atoms with Gasteiger partial charge < -0.3 is 8.83 Å². The van der Waals surface area contributed by atoms with Gasteiger partial charge in [-0.2, -0.15) is 0 Å². The molecular formula is C20H16O3. The zero-order chi connectivity index (χ0) is 16.1. The molecule has 0 amide bonds. The number of fused-ring (bicyclic) bond motifs is 2. The zero-order valence-corrected chi connectivity index (χ0v) is 13.3. The standard InChI is InChI=1S/C20H16O3/c1-11-10-22-18-13(3)19-16(9-15(11)18)12(2)17(20(21)23-19)14-7-5-4-6-8-14/h4-10H,1-3H3. The molecule has 0 aliphatic carbocycles. The molecule has 0 saturated heterocycles. The van der Waals surface area contributed by atoms with E-state index in [1.807, 2.05) is 51.1 Å². The maximum absolute atomic E-state index is 12.6. The van der Waals surface area contributed by atoms with Crippen molar-refractivity contribution in [2.45, 2.75) is 20.8 Å². The van der Waals surface area contributed by atoms with Crippen LogP contribution >= 0.6 is 0 Å². The lowest BCUT2D eigenvalue weighted by atomic mass is 9.97. The van der Waals surface area contributed by atoms with Gasteiger partial charge in [0.25, 0.3) is 0 Å². The van der Waals surface area contributed by atoms with Crippen molar-refractivity contribution in [2.75, 3.05) is 0 Å². The summed E-state index contributed by atoms with van der Waals surface area (Å²) in [5.74, 6) is 0. The van der Waals surface area contributed by atoms with E-state index in [-0.39, 0.29) is 5.63 Å². The van der Waals surface area contributed by atoms with Crippen LogP contribution in [0.1, 0.15) is 16.7 Å². The molecule has 2 heterocycles. The Balaban J connectivity index is 2.18. The molecule has 3 nitrogen and oxygen atoms in total. The van der Waals surface area contributed by atoms with Crippen molar-refractivity contribution in [3.8, 4) is 11.1 Å². The van der Waals surface area contributed by atoms with Gasteiger partial charge in [0.15, 0.2) is 0 Å². The van der Waals surface area contributed by atoms with E-state index in [0.717, 1.165) is 38.6 Å². The Morgan fingerprint density at radius 3 is 2.35 bits per heavy atom. The summed E-state index contributed by atoms with van der Waals surface area (Å²) in [7, 11) is 0. The highest BCUT2D eigenvalue weighted by Crippen LogP contribution is 2.34. The van der Waals surface area contributed by atoms with Crippen LogP contribution in [0.15, 0.2) is 56.3 Å². The van der Waals surface area contributed by atoms with Crippen LogP contribution in [0.4, 0.5) is 0 Å². The number of rotatable bonds is 1. The van der Waals surface area contributed by atoms with Crippen LogP contribution in [0.25, 0.3) is 33.1 Å². The molecule has 0 N–H and O–H groups in total. The van der Waals surface area contributed by atoms with Crippen LogP contribution < -0.4 is 5.63 Å². The fourth-order valence-electron chi connectivity index (χ4n) is 3.22. The Bertz CT molecular complexity index is 1100. The largest absolute Gasteiger partial charge is 0.464 e. The van der Waals surface area contributed by atoms with Crippen LogP contribution in [-0.4, -0.2) is 0 Å². The van der Waals surface area contributed by atoms with Crippen molar-refractivity contribution in [3.05, 3.63) is 69.8 Å². The summed E-state index contributed by atoms with van der Waals surface area (Å²) in [6, 6.07) is 11.7. The van der Waals surface area contributed by atoms with Gasteiger partial charge in [0.1, 0.15) is 11.2 Å². The second-order valence-corrected chi connectivity index (χ2v) is 5.93. The number of aryl methyl sites for hydroxylation is 3. The monoisotopic (exact) mass is 304 g/mol. The van der Waals surface area contributed by atoms with E-state index < -0.39 is 0 Å². The first kappa shape index (κ1) is 13.8. The third-order valence-electron chi connectivity index (χ3n) is 4.48. The van der Waals surface area contributed by atoms with Gasteiger partial charge >= 0.3 is 5.63 Å². The molecule has 0 atom stereocenters. The number of hydrogen-bond acceptors (Lipinski definition) is 3. The van der Waals surface area contributed by atoms with Crippen molar-refractivity contribution in [3.63, 3.8) is 0 Å². The quantitative estimate of drug-likeness (QED) is 0.458. The van der Waals surface area contributed by atoms with Gasteiger partial charge in [0.2, 0.25) is 0 Å². The molecule has 2 aromatic carbocycles. The first-order chi connectivity index (χ1) is 11.1. The van der Waals surface area contributed by atoms with Crippen molar-refractivity contribution in [1.29, 1.82) is 0 Å². The summed E-state index contributed by atoms with van der Waals surface area (Å²) in [6.45, 7) is 5.92. The Morgan fingerprint density at radius 2 is 1.61 bits per heavy atom. The fraction of sp³-hybridized carbons (Fsp3) is 0.150. The van der Waals surface area contributed by atoms with Crippen LogP contribution in [0.3, 0.4) is 0 Å². The van der Waals surface area contributed by atoms with E-state index in [2.05, 4.69) is 6.07 Å². The molecule has 0 saturated carbocycles. The van der Waals surface area contributed by atoms with E-state index in [0.29, 0.717) is 11.1 Å². The summed E-state index contributed by atoms with van der Waals surface area (Å²) >= 11 is 0. The lowest BCUT2D eigenvalue weighted by molar-refractivity contribution is 0.557. The van der Waals surface area contributed by atoms with Gasteiger partial charge in [-0.15, -0.1) is 0 Å². The predicted octanol–water partition coefficient (Wildman–Crippen LogP) is 5.13. The number of hydrogen-bond donors (Lipinski definition) is 0. The van der Waals surface area contributed by atoms with E-state index in [9.17, 15) is 4.79 Å². The topological polar surface area (TPSA) is 43.4 Å².